The zero-order chi connectivity index (χ0) is 30.0. The van der Waals surface area contributed by atoms with Gasteiger partial charge in [0.2, 0.25) is 5.43 Å². The summed E-state index contributed by atoms with van der Waals surface area (Å²) in [7, 11) is 0. The molecule has 0 aliphatic rings. The van der Waals surface area contributed by atoms with Crippen LogP contribution in [0.5, 0.6) is 5.75 Å². The molecule has 0 amide bonds. The lowest BCUT2D eigenvalue weighted by Crippen LogP contribution is -2.15. The first-order valence-electron chi connectivity index (χ1n) is 16.9. The lowest BCUT2D eigenvalue weighted by molar-refractivity contribution is 0.304. The van der Waals surface area contributed by atoms with Gasteiger partial charge < -0.3 is 9.30 Å². The second kappa shape index (κ2) is 18.8. The molecule has 43 heavy (non-hydrogen) atoms. The summed E-state index contributed by atoms with van der Waals surface area (Å²) < 4.78 is 8.47. The van der Waals surface area contributed by atoms with Crippen LogP contribution in [0.3, 0.4) is 0 Å². The largest absolute Gasteiger partial charge is 0.483 e. The predicted octanol–water partition coefficient (Wildman–Crippen LogP) is 11.6. The van der Waals surface area contributed by atoms with Crippen LogP contribution in [-0.2, 0) is 6.61 Å². The number of unbranched alkanes of at least 4 members (excludes halogenated alkanes) is 14. The Morgan fingerprint density at radius 2 is 1.16 bits per heavy atom. The minimum atomic E-state index is -0.0676. The number of fused-ring (bicyclic) bond motifs is 1. The summed E-state index contributed by atoms with van der Waals surface area (Å²) in [6, 6.07) is 28.0. The van der Waals surface area contributed by atoms with Crippen LogP contribution >= 0.6 is 0 Å². The van der Waals surface area contributed by atoms with Crippen LogP contribution in [0.15, 0.2) is 95.8 Å². The second-order valence-electron chi connectivity index (χ2n) is 11.8. The third-order valence-corrected chi connectivity index (χ3v) is 8.32. The molecule has 4 aromatic rings. The van der Waals surface area contributed by atoms with E-state index in [2.05, 4.69) is 35.9 Å². The quantitative estimate of drug-likeness (QED) is 0.0978. The fraction of sp³-hybridized carbons (Fsp3) is 0.425. The van der Waals surface area contributed by atoms with Crippen molar-refractivity contribution in [3.63, 3.8) is 0 Å². The fourth-order valence-electron chi connectivity index (χ4n) is 5.86. The van der Waals surface area contributed by atoms with Crippen LogP contribution in [-0.4, -0.2) is 4.57 Å². The average molecular weight is 578 g/mol. The van der Waals surface area contributed by atoms with Crippen molar-refractivity contribution in [1.29, 1.82) is 0 Å². The minimum absolute atomic E-state index is 0.0676. The van der Waals surface area contributed by atoms with Gasteiger partial charge in [-0.2, -0.15) is 0 Å². The van der Waals surface area contributed by atoms with Crippen molar-refractivity contribution in [2.75, 3.05) is 0 Å². The molecule has 0 aliphatic carbocycles. The van der Waals surface area contributed by atoms with Gasteiger partial charge in [-0.05, 0) is 30.5 Å². The van der Waals surface area contributed by atoms with E-state index < -0.39 is 0 Å². The number of hydrogen-bond donors (Lipinski definition) is 0. The Hall–Kier alpha value is -3.59. The van der Waals surface area contributed by atoms with Crippen LogP contribution in [0, 0.1) is 0 Å². The molecule has 0 atom stereocenters. The molecule has 3 heteroatoms. The predicted molar refractivity (Wildman–Crippen MR) is 185 cm³/mol. The summed E-state index contributed by atoms with van der Waals surface area (Å²) in [5.74, 6) is 0.398. The normalized spacial score (nSPS) is 11.5. The molecule has 228 valence electrons. The van der Waals surface area contributed by atoms with Gasteiger partial charge in [0.15, 0.2) is 5.75 Å². The van der Waals surface area contributed by atoms with E-state index in [1.165, 1.54) is 89.9 Å². The number of nitrogens with zero attached hydrogens (tertiary/aromatic N) is 1. The standard InChI is InChI=1S/C40H51NO2/c1-2-3-4-5-6-7-8-9-10-11-12-13-14-15-16-25-32-41-37-31-24-23-30-36(37)39(42)40(38(41)35-28-21-18-22-29-35)43-33-34-26-19-17-20-27-34/h17-32H,2-16,33H2,1H3. The first-order chi connectivity index (χ1) is 21.3. The third kappa shape index (κ3) is 10.3. The lowest BCUT2D eigenvalue weighted by Gasteiger charge is -2.19. The smallest absolute Gasteiger partial charge is 0.231 e. The maximum Gasteiger partial charge on any atom is 0.231 e. The van der Waals surface area contributed by atoms with Gasteiger partial charge in [0.25, 0.3) is 0 Å². The maximum absolute atomic E-state index is 13.8. The van der Waals surface area contributed by atoms with Crippen LogP contribution < -0.4 is 10.2 Å². The molecule has 3 nitrogen and oxygen atoms in total. The Kier molecular flexibility index (Phi) is 14.2. The number of rotatable bonds is 20. The van der Waals surface area contributed by atoms with Crippen molar-refractivity contribution < 1.29 is 4.74 Å². The lowest BCUT2D eigenvalue weighted by atomic mass is 10.0. The van der Waals surface area contributed by atoms with Crippen molar-refractivity contribution in [3.8, 4) is 17.0 Å². The summed E-state index contributed by atoms with van der Waals surface area (Å²) in [6.07, 6.45) is 24.6. The molecule has 0 bridgehead atoms. The number of pyridine rings is 1. The van der Waals surface area contributed by atoms with E-state index in [1.807, 2.05) is 72.8 Å². The van der Waals surface area contributed by atoms with Gasteiger partial charge in [-0.15, -0.1) is 0 Å². The van der Waals surface area contributed by atoms with Gasteiger partial charge in [0, 0.05) is 17.1 Å². The molecular formula is C40H51NO2. The molecule has 1 heterocycles. The van der Waals surface area contributed by atoms with Gasteiger partial charge in [-0.25, -0.2) is 0 Å². The highest BCUT2D eigenvalue weighted by atomic mass is 16.5. The van der Waals surface area contributed by atoms with Gasteiger partial charge in [0.1, 0.15) is 6.61 Å². The summed E-state index contributed by atoms with van der Waals surface area (Å²) >= 11 is 0. The van der Waals surface area contributed by atoms with Crippen molar-refractivity contribution in [2.45, 2.75) is 110 Å². The number of allylic oxidation sites excluding steroid dienone is 1. The van der Waals surface area contributed by atoms with E-state index in [4.69, 9.17) is 4.74 Å². The van der Waals surface area contributed by atoms with Crippen LogP contribution in [0.1, 0.15) is 109 Å². The first kappa shape index (κ1) is 32.3. The number of ether oxygens (including phenoxy) is 1. The topological polar surface area (TPSA) is 31.2 Å². The zero-order valence-corrected chi connectivity index (χ0v) is 26.3. The zero-order valence-electron chi connectivity index (χ0n) is 26.3. The fourth-order valence-corrected chi connectivity index (χ4v) is 5.86. The van der Waals surface area contributed by atoms with Crippen LogP contribution in [0.4, 0.5) is 0 Å². The summed E-state index contributed by atoms with van der Waals surface area (Å²) in [6.45, 7) is 2.63. The maximum atomic E-state index is 13.8. The molecule has 0 N–H and O–H groups in total. The number of benzene rings is 3. The highest BCUT2D eigenvalue weighted by Gasteiger charge is 2.19. The molecular weight excluding hydrogens is 526 g/mol. The molecule has 0 unspecified atom stereocenters. The van der Waals surface area contributed by atoms with Gasteiger partial charge in [-0.3, -0.25) is 4.79 Å². The molecule has 0 saturated carbocycles. The molecule has 0 saturated heterocycles. The Morgan fingerprint density at radius 3 is 1.79 bits per heavy atom. The first-order valence-corrected chi connectivity index (χ1v) is 16.9. The highest BCUT2D eigenvalue weighted by Crippen LogP contribution is 2.32. The van der Waals surface area contributed by atoms with Crippen molar-refractivity contribution >= 4 is 17.1 Å². The van der Waals surface area contributed by atoms with E-state index in [0.717, 1.165) is 28.8 Å². The van der Waals surface area contributed by atoms with Crippen molar-refractivity contribution in [1.82, 2.24) is 4.57 Å². The van der Waals surface area contributed by atoms with Crippen molar-refractivity contribution in [2.24, 2.45) is 0 Å². The van der Waals surface area contributed by atoms with E-state index in [1.54, 1.807) is 0 Å². The van der Waals surface area contributed by atoms with Crippen LogP contribution in [0.2, 0.25) is 0 Å². The van der Waals surface area contributed by atoms with E-state index in [-0.39, 0.29) is 5.43 Å². The minimum Gasteiger partial charge on any atom is -0.483 e. The van der Waals surface area contributed by atoms with E-state index in [0.29, 0.717) is 17.7 Å². The number of hydrogen-bond acceptors (Lipinski definition) is 2. The Bertz CT molecular complexity index is 1420. The third-order valence-electron chi connectivity index (χ3n) is 8.32. The molecule has 0 radical (unpaired) electrons. The molecule has 0 aliphatic heterocycles. The molecule has 4 rings (SSSR count). The Labute approximate surface area is 259 Å². The van der Waals surface area contributed by atoms with Crippen molar-refractivity contribution in [3.05, 3.63) is 107 Å². The Morgan fingerprint density at radius 1 is 0.628 bits per heavy atom. The number of para-hydroxylation sites is 1. The summed E-state index contributed by atoms with van der Waals surface area (Å²) in [5, 5.41) is 0.673. The monoisotopic (exact) mass is 577 g/mol. The van der Waals surface area contributed by atoms with Gasteiger partial charge in [-0.1, -0.05) is 169 Å². The van der Waals surface area contributed by atoms with Crippen LogP contribution in [0.25, 0.3) is 28.4 Å². The summed E-state index contributed by atoms with van der Waals surface area (Å²) in [5.41, 5.74) is 3.64. The second-order valence-corrected chi connectivity index (χ2v) is 11.8. The average Bonchev–Trinajstić information content (AvgIpc) is 3.05. The summed E-state index contributed by atoms with van der Waals surface area (Å²) in [4.78, 5) is 13.8. The number of aromatic nitrogens is 1. The van der Waals surface area contributed by atoms with E-state index in [9.17, 15) is 4.79 Å². The molecule has 0 spiro atoms. The van der Waals surface area contributed by atoms with Gasteiger partial charge >= 0.3 is 0 Å². The molecule has 0 fully saturated rings. The molecule has 3 aromatic carbocycles. The highest BCUT2D eigenvalue weighted by molar-refractivity contribution is 5.88. The van der Waals surface area contributed by atoms with Gasteiger partial charge in [0.05, 0.1) is 11.2 Å². The molecule has 1 aromatic heterocycles. The Balaban J connectivity index is 1.35. The van der Waals surface area contributed by atoms with E-state index >= 15 is 0 Å². The SMILES string of the molecule is CCCCCCCCCCCCCCCCC=Cn1c(-c2ccccc2)c(OCc2ccccc2)c(=O)c2ccccc21.